The smallest absolute Gasteiger partial charge is 0.298 e. The molecule has 1 unspecified atom stereocenters. The SMILES string of the molecule is CC(Cn1cncn1)C(=O)N1CCN(c2nc3ccccc3o2)CC1. The zero-order valence-electron chi connectivity index (χ0n) is 14.1. The number of fused-ring (bicyclic) bond motifs is 1. The fraction of sp³-hybridized carbons (Fsp3) is 0.412. The molecule has 130 valence electrons. The summed E-state index contributed by atoms with van der Waals surface area (Å²) in [7, 11) is 0. The average molecular weight is 340 g/mol. The minimum atomic E-state index is -0.127. The third kappa shape index (κ3) is 3.19. The zero-order chi connectivity index (χ0) is 17.2. The van der Waals surface area contributed by atoms with Crippen LogP contribution in [0.25, 0.3) is 11.1 Å². The van der Waals surface area contributed by atoms with Gasteiger partial charge in [0.1, 0.15) is 18.2 Å². The van der Waals surface area contributed by atoms with Crippen molar-refractivity contribution in [2.75, 3.05) is 31.1 Å². The molecule has 2 aromatic heterocycles. The number of carbonyl (C=O) groups excluding carboxylic acids is 1. The van der Waals surface area contributed by atoms with E-state index in [1.807, 2.05) is 36.1 Å². The number of oxazole rings is 1. The monoisotopic (exact) mass is 340 g/mol. The number of piperazine rings is 1. The molecule has 1 aliphatic heterocycles. The van der Waals surface area contributed by atoms with E-state index in [1.54, 1.807) is 11.0 Å². The molecule has 0 bridgehead atoms. The van der Waals surface area contributed by atoms with Gasteiger partial charge in [0.2, 0.25) is 5.91 Å². The number of hydrogen-bond acceptors (Lipinski definition) is 6. The summed E-state index contributed by atoms with van der Waals surface area (Å²) in [5, 5.41) is 4.06. The Bertz CT molecular complexity index is 818. The van der Waals surface area contributed by atoms with Crippen molar-refractivity contribution in [3.8, 4) is 0 Å². The van der Waals surface area contributed by atoms with Crippen molar-refractivity contribution >= 4 is 23.0 Å². The highest BCUT2D eigenvalue weighted by atomic mass is 16.4. The molecule has 25 heavy (non-hydrogen) atoms. The van der Waals surface area contributed by atoms with Crippen LogP contribution in [0.5, 0.6) is 0 Å². The highest BCUT2D eigenvalue weighted by molar-refractivity contribution is 5.79. The van der Waals surface area contributed by atoms with Crippen molar-refractivity contribution < 1.29 is 9.21 Å². The van der Waals surface area contributed by atoms with Crippen molar-refractivity contribution in [2.24, 2.45) is 5.92 Å². The second-order valence-corrected chi connectivity index (χ2v) is 6.30. The quantitative estimate of drug-likeness (QED) is 0.714. The Morgan fingerprint density at radius 2 is 2.04 bits per heavy atom. The van der Waals surface area contributed by atoms with Crippen LogP contribution in [0, 0.1) is 5.92 Å². The summed E-state index contributed by atoms with van der Waals surface area (Å²) in [6.45, 7) is 5.24. The Balaban J connectivity index is 1.36. The molecule has 0 saturated carbocycles. The minimum Gasteiger partial charge on any atom is -0.423 e. The van der Waals surface area contributed by atoms with Gasteiger partial charge in [-0.15, -0.1) is 0 Å². The van der Waals surface area contributed by atoms with Crippen molar-refractivity contribution in [3.05, 3.63) is 36.9 Å². The number of anilines is 1. The van der Waals surface area contributed by atoms with Crippen molar-refractivity contribution in [2.45, 2.75) is 13.5 Å². The minimum absolute atomic E-state index is 0.127. The third-order valence-corrected chi connectivity index (χ3v) is 4.49. The van der Waals surface area contributed by atoms with Gasteiger partial charge in [0, 0.05) is 26.2 Å². The molecule has 1 aliphatic rings. The van der Waals surface area contributed by atoms with Gasteiger partial charge in [-0.25, -0.2) is 4.98 Å². The molecule has 8 heteroatoms. The highest BCUT2D eigenvalue weighted by Crippen LogP contribution is 2.22. The Morgan fingerprint density at radius 1 is 1.24 bits per heavy atom. The van der Waals surface area contributed by atoms with E-state index in [0.29, 0.717) is 38.7 Å². The Hall–Kier alpha value is -2.90. The van der Waals surface area contributed by atoms with Gasteiger partial charge >= 0.3 is 0 Å². The normalized spacial score (nSPS) is 16.4. The number of amides is 1. The van der Waals surface area contributed by atoms with E-state index in [-0.39, 0.29) is 11.8 Å². The van der Waals surface area contributed by atoms with Crippen molar-refractivity contribution in [1.29, 1.82) is 0 Å². The number of aromatic nitrogens is 4. The number of carbonyl (C=O) groups is 1. The molecular formula is C17H20N6O2. The van der Waals surface area contributed by atoms with E-state index < -0.39 is 0 Å². The zero-order valence-corrected chi connectivity index (χ0v) is 14.1. The van der Waals surface area contributed by atoms with E-state index >= 15 is 0 Å². The molecule has 4 rings (SSSR count). The number of benzene rings is 1. The molecule has 0 aliphatic carbocycles. The molecule has 1 fully saturated rings. The van der Waals surface area contributed by atoms with Gasteiger partial charge in [0.05, 0.1) is 12.5 Å². The van der Waals surface area contributed by atoms with Crippen LogP contribution in [0.15, 0.2) is 41.3 Å². The number of hydrogen-bond donors (Lipinski definition) is 0. The van der Waals surface area contributed by atoms with Crippen LogP contribution in [-0.2, 0) is 11.3 Å². The molecule has 1 aromatic carbocycles. The second kappa shape index (κ2) is 6.54. The van der Waals surface area contributed by atoms with Gasteiger partial charge in [0.25, 0.3) is 6.01 Å². The number of rotatable bonds is 4. The lowest BCUT2D eigenvalue weighted by Crippen LogP contribution is -2.50. The molecule has 3 heterocycles. The van der Waals surface area contributed by atoms with Gasteiger partial charge in [-0.3, -0.25) is 9.48 Å². The molecule has 0 N–H and O–H groups in total. The van der Waals surface area contributed by atoms with E-state index in [4.69, 9.17) is 4.42 Å². The first kappa shape index (κ1) is 15.6. The predicted octanol–water partition coefficient (Wildman–Crippen LogP) is 1.40. The van der Waals surface area contributed by atoms with Gasteiger partial charge in [-0.1, -0.05) is 19.1 Å². The maximum absolute atomic E-state index is 12.6. The molecule has 1 saturated heterocycles. The summed E-state index contributed by atoms with van der Waals surface area (Å²) in [5.41, 5.74) is 1.65. The van der Waals surface area contributed by atoms with Crippen LogP contribution in [0.2, 0.25) is 0 Å². The molecule has 8 nitrogen and oxygen atoms in total. The van der Waals surface area contributed by atoms with Crippen LogP contribution < -0.4 is 4.90 Å². The lowest BCUT2D eigenvalue weighted by Gasteiger charge is -2.35. The Kier molecular flexibility index (Phi) is 4.09. The maximum Gasteiger partial charge on any atom is 0.298 e. The Morgan fingerprint density at radius 3 is 2.76 bits per heavy atom. The van der Waals surface area contributed by atoms with E-state index in [0.717, 1.165) is 11.1 Å². The number of nitrogens with zero attached hydrogens (tertiary/aromatic N) is 6. The lowest BCUT2D eigenvalue weighted by atomic mass is 10.1. The van der Waals surface area contributed by atoms with E-state index in [2.05, 4.69) is 20.0 Å². The lowest BCUT2D eigenvalue weighted by molar-refractivity contribution is -0.135. The van der Waals surface area contributed by atoms with Crippen molar-refractivity contribution in [3.63, 3.8) is 0 Å². The van der Waals surface area contributed by atoms with Crippen LogP contribution in [0.4, 0.5) is 6.01 Å². The topological polar surface area (TPSA) is 80.3 Å². The predicted molar refractivity (Wildman–Crippen MR) is 92.0 cm³/mol. The first-order valence-electron chi connectivity index (χ1n) is 8.42. The third-order valence-electron chi connectivity index (χ3n) is 4.49. The Labute approximate surface area is 145 Å². The van der Waals surface area contributed by atoms with Crippen LogP contribution in [0.1, 0.15) is 6.92 Å². The molecule has 1 amide bonds. The summed E-state index contributed by atoms with van der Waals surface area (Å²) >= 11 is 0. The van der Waals surface area contributed by atoms with Gasteiger partial charge in [0.15, 0.2) is 5.58 Å². The number of para-hydroxylation sites is 2. The standard InChI is InChI=1S/C17H20N6O2/c1-13(10-23-12-18-11-19-23)16(24)21-6-8-22(9-7-21)17-20-14-4-2-3-5-15(14)25-17/h2-5,11-13H,6-10H2,1H3. The van der Waals surface area contributed by atoms with Crippen LogP contribution in [0.3, 0.4) is 0 Å². The van der Waals surface area contributed by atoms with E-state index in [1.165, 1.54) is 6.33 Å². The maximum atomic E-state index is 12.6. The molecule has 3 aromatic rings. The van der Waals surface area contributed by atoms with Gasteiger partial charge < -0.3 is 14.2 Å². The highest BCUT2D eigenvalue weighted by Gasteiger charge is 2.27. The van der Waals surface area contributed by atoms with Crippen molar-refractivity contribution in [1.82, 2.24) is 24.6 Å². The van der Waals surface area contributed by atoms with Crippen LogP contribution >= 0.6 is 0 Å². The molecular weight excluding hydrogens is 320 g/mol. The average Bonchev–Trinajstić information content (AvgIpc) is 3.30. The van der Waals surface area contributed by atoms with Gasteiger partial charge in [-0.05, 0) is 12.1 Å². The summed E-state index contributed by atoms with van der Waals surface area (Å²) in [6, 6.07) is 8.36. The first-order valence-corrected chi connectivity index (χ1v) is 8.42. The molecule has 0 radical (unpaired) electrons. The fourth-order valence-corrected chi connectivity index (χ4v) is 3.11. The fourth-order valence-electron chi connectivity index (χ4n) is 3.11. The first-order chi connectivity index (χ1) is 12.2. The van der Waals surface area contributed by atoms with E-state index in [9.17, 15) is 4.79 Å². The summed E-state index contributed by atoms with van der Waals surface area (Å²) in [4.78, 5) is 25.0. The molecule has 1 atom stereocenters. The van der Waals surface area contributed by atoms with Gasteiger partial charge in [-0.2, -0.15) is 10.1 Å². The second-order valence-electron chi connectivity index (χ2n) is 6.30. The molecule has 0 spiro atoms. The summed E-state index contributed by atoms with van der Waals surface area (Å²) in [5.74, 6) is 0.0188. The summed E-state index contributed by atoms with van der Waals surface area (Å²) < 4.78 is 7.51. The largest absolute Gasteiger partial charge is 0.423 e. The van der Waals surface area contributed by atoms with Crippen LogP contribution in [-0.4, -0.2) is 56.7 Å². The summed E-state index contributed by atoms with van der Waals surface area (Å²) in [6.07, 6.45) is 3.12.